The summed E-state index contributed by atoms with van der Waals surface area (Å²) in [7, 11) is 1.54. The van der Waals surface area contributed by atoms with Crippen LogP contribution in [0.3, 0.4) is 0 Å². The Hall–Kier alpha value is -4.33. The first-order valence-corrected chi connectivity index (χ1v) is 10.8. The number of amides is 2. The van der Waals surface area contributed by atoms with Gasteiger partial charge in [0.2, 0.25) is 0 Å². The van der Waals surface area contributed by atoms with Crippen molar-refractivity contribution in [2.45, 2.75) is 20.0 Å². The lowest BCUT2D eigenvalue weighted by Crippen LogP contribution is -2.32. The number of carbonyl (C=O) groups excluding carboxylic acids is 2. The SMILES string of the molecule is CCCOc1ccc(NC(=O)C(=O)N/N=C\c2ccc(OCc3ccccc3)c(OC)c2)cc1. The Morgan fingerprint density at radius 1 is 0.912 bits per heavy atom. The number of rotatable bonds is 10. The van der Waals surface area contributed by atoms with E-state index in [1.165, 1.54) is 6.21 Å². The van der Waals surface area contributed by atoms with Gasteiger partial charge < -0.3 is 19.5 Å². The lowest BCUT2D eigenvalue weighted by atomic mass is 10.2. The molecule has 3 aromatic carbocycles. The molecule has 0 aliphatic heterocycles. The molecular formula is C26H27N3O5. The molecule has 2 N–H and O–H groups in total. The van der Waals surface area contributed by atoms with Crippen molar-refractivity contribution in [2.75, 3.05) is 19.0 Å². The molecule has 8 nitrogen and oxygen atoms in total. The second-order valence-corrected chi connectivity index (χ2v) is 7.21. The van der Waals surface area contributed by atoms with Crippen LogP contribution >= 0.6 is 0 Å². The Labute approximate surface area is 198 Å². The van der Waals surface area contributed by atoms with Crippen LogP contribution in [0.2, 0.25) is 0 Å². The van der Waals surface area contributed by atoms with E-state index < -0.39 is 11.8 Å². The van der Waals surface area contributed by atoms with E-state index in [0.717, 1.165) is 12.0 Å². The van der Waals surface area contributed by atoms with Gasteiger partial charge in [-0.2, -0.15) is 5.10 Å². The lowest BCUT2D eigenvalue weighted by Gasteiger charge is -2.11. The molecule has 0 radical (unpaired) electrons. The minimum atomic E-state index is -0.891. The fourth-order valence-electron chi connectivity index (χ4n) is 2.88. The summed E-state index contributed by atoms with van der Waals surface area (Å²) in [5.74, 6) is 0.0770. The topological polar surface area (TPSA) is 98.2 Å². The number of hydrazone groups is 1. The van der Waals surface area contributed by atoms with Crippen molar-refractivity contribution in [3.8, 4) is 17.2 Å². The normalized spacial score (nSPS) is 10.5. The van der Waals surface area contributed by atoms with Crippen molar-refractivity contribution in [1.82, 2.24) is 5.43 Å². The van der Waals surface area contributed by atoms with E-state index in [9.17, 15) is 9.59 Å². The molecule has 0 aliphatic rings. The van der Waals surface area contributed by atoms with Crippen LogP contribution in [0.4, 0.5) is 5.69 Å². The number of hydrogen-bond acceptors (Lipinski definition) is 6. The molecule has 176 valence electrons. The second kappa shape index (κ2) is 12.6. The van der Waals surface area contributed by atoms with Crippen molar-refractivity contribution in [3.63, 3.8) is 0 Å². The molecule has 0 saturated carbocycles. The van der Waals surface area contributed by atoms with Gasteiger partial charge in [-0.3, -0.25) is 9.59 Å². The molecule has 0 spiro atoms. The quantitative estimate of drug-likeness (QED) is 0.269. The van der Waals surface area contributed by atoms with E-state index in [-0.39, 0.29) is 0 Å². The first kappa shape index (κ1) is 24.3. The van der Waals surface area contributed by atoms with Gasteiger partial charge >= 0.3 is 11.8 Å². The number of nitrogens with zero attached hydrogens (tertiary/aromatic N) is 1. The highest BCUT2D eigenvalue weighted by Crippen LogP contribution is 2.28. The number of nitrogens with one attached hydrogen (secondary N) is 2. The van der Waals surface area contributed by atoms with Gasteiger partial charge in [0.15, 0.2) is 11.5 Å². The van der Waals surface area contributed by atoms with Gasteiger partial charge in [0.1, 0.15) is 12.4 Å². The highest BCUT2D eigenvalue weighted by molar-refractivity contribution is 6.39. The summed E-state index contributed by atoms with van der Waals surface area (Å²) in [5.41, 5.74) is 4.39. The molecule has 3 rings (SSSR count). The zero-order valence-corrected chi connectivity index (χ0v) is 19.1. The fraction of sp³-hybridized carbons (Fsp3) is 0.192. The molecule has 34 heavy (non-hydrogen) atoms. The van der Waals surface area contributed by atoms with E-state index in [2.05, 4.69) is 15.8 Å². The van der Waals surface area contributed by atoms with E-state index in [1.54, 1.807) is 49.6 Å². The minimum Gasteiger partial charge on any atom is -0.494 e. The molecule has 2 amide bonds. The molecule has 0 fully saturated rings. The summed E-state index contributed by atoms with van der Waals surface area (Å²) >= 11 is 0. The van der Waals surface area contributed by atoms with Gasteiger partial charge in [-0.1, -0.05) is 37.3 Å². The molecule has 0 saturated heterocycles. The Bertz CT molecular complexity index is 1120. The molecule has 0 unspecified atom stereocenters. The highest BCUT2D eigenvalue weighted by Gasteiger charge is 2.13. The van der Waals surface area contributed by atoms with E-state index in [4.69, 9.17) is 14.2 Å². The van der Waals surface area contributed by atoms with Crippen molar-refractivity contribution in [1.29, 1.82) is 0 Å². The molecule has 8 heteroatoms. The van der Waals surface area contributed by atoms with Gasteiger partial charge in [0.25, 0.3) is 0 Å². The highest BCUT2D eigenvalue weighted by atomic mass is 16.5. The average molecular weight is 462 g/mol. The van der Waals surface area contributed by atoms with Crippen LogP contribution in [0, 0.1) is 0 Å². The number of methoxy groups -OCH3 is 1. The van der Waals surface area contributed by atoms with Crippen LogP contribution in [-0.2, 0) is 16.2 Å². The Balaban J connectivity index is 1.51. The van der Waals surface area contributed by atoms with Gasteiger partial charge in [0, 0.05) is 5.69 Å². The first-order valence-electron chi connectivity index (χ1n) is 10.8. The molecule has 0 heterocycles. The third-order valence-corrected chi connectivity index (χ3v) is 4.60. The van der Waals surface area contributed by atoms with Gasteiger partial charge in [-0.05, 0) is 60.0 Å². The second-order valence-electron chi connectivity index (χ2n) is 7.21. The van der Waals surface area contributed by atoms with E-state index in [0.29, 0.717) is 41.7 Å². The number of ether oxygens (including phenoxy) is 3. The number of hydrogen-bond donors (Lipinski definition) is 2. The Morgan fingerprint density at radius 2 is 1.68 bits per heavy atom. The van der Waals surface area contributed by atoms with E-state index in [1.807, 2.05) is 37.3 Å². The monoisotopic (exact) mass is 461 g/mol. The molecular weight excluding hydrogens is 434 g/mol. The zero-order chi connectivity index (χ0) is 24.2. The number of carbonyl (C=O) groups is 2. The summed E-state index contributed by atoms with van der Waals surface area (Å²) in [6, 6.07) is 21.8. The third-order valence-electron chi connectivity index (χ3n) is 4.60. The summed E-state index contributed by atoms with van der Waals surface area (Å²) in [6.45, 7) is 3.04. The van der Waals surface area contributed by atoms with Crippen LogP contribution in [-0.4, -0.2) is 31.7 Å². The average Bonchev–Trinajstić information content (AvgIpc) is 2.87. The summed E-state index contributed by atoms with van der Waals surface area (Å²) in [4.78, 5) is 24.1. The van der Waals surface area contributed by atoms with Crippen LogP contribution in [0.15, 0.2) is 77.9 Å². The molecule has 0 atom stereocenters. The smallest absolute Gasteiger partial charge is 0.329 e. The molecule has 3 aromatic rings. The Kier molecular flexibility index (Phi) is 9.04. The maximum Gasteiger partial charge on any atom is 0.329 e. The Morgan fingerprint density at radius 3 is 2.38 bits per heavy atom. The number of benzene rings is 3. The molecule has 0 aromatic heterocycles. The molecule has 0 bridgehead atoms. The van der Waals surface area contributed by atoms with Gasteiger partial charge in [-0.15, -0.1) is 0 Å². The fourth-order valence-corrected chi connectivity index (χ4v) is 2.88. The first-order chi connectivity index (χ1) is 16.6. The van der Waals surface area contributed by atoms with E-state index >= 15 is 0 Å². The van der Waals surface area contributed by atoms with Crippen molar-refractivity contribution in [2.24, 2.45) is 5.10 Å². The summed E-state index contributed by atoms with van der Waals surface area (Å²) in [6.07, 6.45) is 2.31. The van der Waals surface area contributed by atoms with Crippen molar-refractivity contribution in [3.05, 3.63) is 83.9 Å². The van der Waals surface area contributed by atoms with Gasteiger partial charge in [0.05, 0.1) is 19.9 Å². The van der Waals surface area contributed by atoms with Crippen LogP contribution in [0.1, 0.15) is 24.5 Å². The zero-order valence-electron chi connectivity index (χ0n) is 19.1. The predicted molar refractivity (Wildman–Crippen MR) is 130 cm³/mol. The van der Waals surface area contributed by atoms with Crippen LogP contribution in [0.5, 0.6) is 17.2 Å². The largest absolute Gasteiger partial charge is 0.494 e. The summed E-state index contributed by atoms with van der Waals surface area (Å²) in [5, 5.41) is 6.36. The molecule has 0 aliphatic carbocycles. The maximum atomic E-state index is 12.1. The lowest BCUT2D eigenvalue weighted by molar-refractivity contribution is -0.136. The predicted octanol–water partition coefficient (Wildman–Crippen LogP) is 4.15. The standard InChI is InChI=1S/C26H27N3O5/c1-3-15-33-22-12-10-21(11-13-22)28-25(30)26(31)29-27-17-20-9-14-23(24(16-20)32-2)34-18-19-7-5-4-6-8-19/h4-14,16-17H,3,15,18H2,1-2H3,(H,28,30)(H,29,31)/b27-17-. The minimum absolute atomic E-state index is 0.407. The van der Waals surface area contributed by atoms with Crippen molar-refractivity contribution < 1.29 is 23.8 Å². The van der Waals surface area contributed by atoms with Crippen LogP contribution < -0.4 is 25.0 Å². The maximum absolute atomic E-state index is 12.1. The van der Waals surface area contributed by atoms with Crippen LogP contribution in [0.25, 0.3) is 0 Å². The van der Waals surface area contributed by atoms with Gasteiger partial charge in [-0.25, -0.2) is 5.43 Å². The van der Waals surface area contributed by atoms with Crippen molar-refractivity contribution >= 4 is 23.7 Å². The number of anilines is 1. The third kappa shape index (κ3) is 7.37. The summed E-state index contributed by atoms with van der Waals surface area (Å²) < 4.78 is 16.7.